The van der Waals surface area contributed by atoms with Crippen LogP contribution in [0.4, 0.5) is 0 Å². The van der Waals surface area contributed by atoms with Gasteiger partial charge in [-0.1, -0.05) is 20.8 Å². The van der Waals surface area contributed by atoms with E-state index in [4.69, 9.17) is 4.98 Å². The van der Waals surface area contributed by atoms with Gasteiger partial charge in [0.2, 0.25) is 0 Å². The van der Waals surface area contributed by atoms with E-state index in [9.17, 15) is 9.90 Å². The van der Waals surface area contributed by atoms with E-state index in [-0.39, 0.29) is 17.1 Å². The summed E-state index contributed by atoms with van der Waals surface area (Å²) in [6, 6.07) is 1.90. The summed E-state index contributed by atoms with van der Waals surface area (Å²) in [5.41, 5.74) is 2.86. The predicted molar refractivity (Wildman–Crippen MR) is 86.3 cm³/mol. The summed E-state index contributed by atoms with van der Waals surface area (Å²) >= 11 is 0. The quantitative estimate of drug-likeness (QED) is 0.600. The highest BCUT2D eigenvalue weighted by molar-refractivity contribution is 6.01. The summed E-state index contributed by atoms with van der Waals surface area (Å²) in [6.07, 6.45) is 7.21. The lowest BCUT2D eigenvalue weighted by Crippen LogP contribution is -2.53. The number of aryl methyl sites for hydroxylation is 1. The first-order valence-electron chi connectivity index (χ1n) is 8.10. The van der Waals surface area contributed by atoms with Crippen LogP contribution >= 0.6 is 0 Å². The average molecular weight is 311 g/mol. The first-order valence-corrected chi connectivity index (χ1v) is 8.10. The minimum atomic E-state index is -0.493. The van der Waals surface area contributed by atoms with E-state index >= 15 is 0 Å². The van der Waals surface area contributed by atoms with Gasteiger partial charge in [0, 0.05) is 28.7 Å². The molecule has 2 aliphatic rings. The summed E-state index contributed by atoms with van der Waals surface area (Å²) in [4.78, 5) is 17.6. The third kappa shape index (κ3) is 1.76. The van der Waals surface area contributed by atoms with Gasteiger partial charge in [-0.15, -0.1) is 0 Å². The smallest absolute Gasteiger partial charge is 0.167 e. The number of Topliss-reactive ketones (excluding diaryl/α,β-unsaturated/α-hetero) is 1. The minimum Gasteiger partial charge on any atom is -0.515 e. The van der Waals surface area contributed by atoms with Gasteiger partial charge in [-0.3, -0.25) is 4.79 Å². The summed E-state index contributed by atoms with van der Waals surface area (Å²) in [7, 11) is 0. The van der Waals surface area contributed by atoms with Gasteiger partial charge in [0.25, 0.3) is 0 Å². The number of hydrogen-bond acceptors (Lipinski definition) is 4. The van der Waals surface area contributed by atoms with E-state index in [1.165, 1.54) is 5.56 Å². The molecule has 120 valence electrons. The maximum atomic E-state index is 12.7. The van der Waals surface area contributed by atoms with Crippen molar-refractivity contribution in [2.45, 2.75) is 45.4 Å². The molecule has 1 N–H and O–H groups in total. The van der Waals surface area contributed by atoms with Gasteiger partial charge >= 0.3 is 0 Å². The molecule has 1 saturated carbocycles. The molecule has 2 aromatic rings. The highest BCUT2D eigenvalue weighted by atomic mass is 16.2. The van der Waals surface area contributed by atoms with Crippen molar-refractivity contribution in [3.8, 4) is 0 Å². The maximum absolute atomic E-state index is 12.7. The molecule has 2 heterocycles. The first kappa shape index (κ1) is 14.4. The van der Waals surface area contributed by atoms with Crippen molar-refractivity contribution >= 4 is 11.4 Å². The Morgan fingerprint density at radius 3 is 2.91 bits per heavy atom. The monoisotopic (exact) mass is 311 g/mol. The summed E-state index contributed by atoms with van der Waals surface area (Å²) in [5.74, 6) is 0.285. The average Bonchev–Trinajstić information content (AvgIpc) is 2.97. The van der Waals surface area contributed by atoms with Crippen molar-refractivity contribution in [3.63, 3.8) is 0 Å². The van der Waals surface area contributed by atoms with Crippen molar-refractivity contribution in [3.05, 3.63) is 41.6 Å². The zero-order valence-corrected chi connectivity index (χ0v) is 13.7. The molecule has 2 aliphatic carbocycles. The maximum Gasteiger partial charge on any atom is 0.167 e. The van der Waals surface area contributed by atoms with Gasteiger partial charge < -0.3 is 5.11 Å². The fourth-order valence-corrected chi connectivity index (χ4v) is 4.87. The molecule has 0 saturated heterocycles. The van der Waals surface area contributed by atoms with Crippen LogP contribution in [0.2, 0.25) is 0 Å². The van der Waals surface area contributed by atoms with Crippen LogP contribution in [0.1, 0.15) is 44.9 Å². The summed E-state index contributed by atoms with van der Waals surface area (Å²) in [6.45, 7) is 6.19. The van der Waals surface area contributed by atoms with Crippen LogP contribution in [0.25, 0.3) is 5.65 Å². The van der Waals surface area contributed by atoms with Gasteiger partial charge in [-0.25, -0.2) is 9.50 Å². The predicted octanol–water partition coefficient (Wildman–Crippen LogP) is 2.99. The third-order valence-corrected chi connectivity index (χ3v) is 5.93. The number of fused-ring (bicyclic) bond motifs is 4. The Balaban J connectivity index is 1.95. The Labute approximate surface area is 135 Å². The molecule has 0 unspecified atom stereocenters. The number of nitrogens with zero attached hydrogens (tertiary/aromatic N) is 3. The van der Waals surface area contributed by atoms with E-state index in [1.54, 1.807) is 6.20 Å². The van der Waals surface area contributed by atoms with Crippen LogP contribution < -0.4 is 0 Å². The number of aromatic nitrogens is 3. The lowest BCUT2D eigenvalue weighted by atomic mass is 9.50. The number of allylic oxidation sites excluding steroid dienone is 1. The van der Waals surface area contributed by atoms with Gasteiger partial charge in [-0.2, -0.15) is 5.10 Å². The van der Waals surface area contributed by atoms with Crippen molar-refractivity contribution < 1.29 is 9.90 Å². The Bertz CT molecular complexity index is 849. The van der Waals surface area contributed by atoms with Crippen LogP contribution in [-0.2, 0) is 16.6 Å². The van der Waals surface area contributed by atoms with Crippen molar-refractivity contribution in [2.24, 2.45) is 11.3 Å². The van der Waals surface area contributed by atoms with Crippen LogP contribution in [0.15, 0.2) is 30.3 Å². The lowest BCUT2D eigenvalue weighted by Gasteiger charge is -2.52. The zero-order valence-electron chi connectivity index (χ0n) is 13.7. The summed E-state index contributed by atoms with van der Waals surface area (Å²) in [5, 5.41) is 13.8. The number of hydrogen-bond donors (Lipinski definition) is 1. The van der Waals surface area contributed by atoms with E-state index in [2.05, 4.69) is 18.2 Å². The van der Waals surface area contributed by atoms with Crippen LogP contribution in [0, 0.1) is 11.3 Å². The second-order valence-corrected chi connectivity index (χ2v) is 7.64. The normalized spacial score (nSPS) is 31.2. The minimum absolute atomic E-state index is 0.0661. The number of aliphatic hydroxyl groups is 1. The third-order valence-electron chi connectivity index (χ3n) is 5.93. The Morgan fingerprint density at radius 1 is 1.39 bits per heavy atom. The highest BCUT2D eigenvalue weighted by Crippen LogP contribution is 2.56. The van der Waals surface area contributed by atoms with Gasteiger partial charge in [0.1, 0.15) is 0 Å². The topological polar surface area (TPSA) is 67.5 Å². The molecule has 0 aliphatic heterocycles. The molecule has 1 fully saturated rings. The van der Waals surface area contributed by atoms with Crippen LogP contribution in [-0.4, -0.2) is 25.5 Å². The molecule has 2 aromatic heterocycles. The van der Waals surface area contributed by atoms with Crippen LogP contribution in [0.5, 0.6) is 0 Å². The second kappa shape index (κ2) is 4.43. The molecule has 5 nitrogen and oxygen atoms in total. The fourth-order valence-electron chi connectivity index (χ4n) is 4.87. The number of aliphatic hydroxyl groups excluding tert-OH is 1. The van der Waals surface area contributed by atoms with Crippen molar-refractivity contribution in [2.75, 3.05) is 0 Å². The molecule has 2 atom stereocenters. The summed E-state index contributed by atoms with van der Waals surface area (Å²) < 4.78 is 1.81. The molecule has 0 amide bonds. The van der Waals surface area contributed by atoms with Crippen molar-refractivity contribution in [1.82, 2.24) is 14.6 Å². The molecule has 0 spiro atoms. The first-order chi connectivity index (χ1) is 10.9. The second-order valence-electron chi connectivity index (χ2n) is 7.64. The van der Waals surface area contributed by atoms with Gasteiger partial charge in [-0.05, 0) is 30.7 Å². The van der Waals surface area contributed by atoms with Gasteiger partial charge in [0.05, 0.1) is 18.2 Å². The molecule has 0 aromatic carbocycles. The zero-order chi connectivity index (χ0) is 16.4. The Hall–Kier alpha value is -2.17. The highest BCUT2D eigenvalue weighted by Gasteiger charge is 2.56. The van der Waals surface area contributed by atoms with E-state index in [1.807, 2.05) is 24.4 Å². The Kier molecular flexibility index (Phi) is 2.78. The molecule has 0 bridgehead atoms. The largest absolute Gasteiger partial charge is 0.515 e. The standard InChI is InChI=1S/C18H21N3O2/c1-17(2)13-5-4-11-9-21-14(6-7-19-21)20-15(11)18(13,3)8-12(10-22)16(17)23/h6-7,9-10,13,22H,4-5,8H2,1-3H3/b12-10-/t13-,18-/m0/s1. The molecule has 23 heavy (non-hydrogen) atoms. The Morgan fingerprint density at radius 2 is 2.17 bits per heavy atom. The van der Waals surface area contributed by atoms with Crippen LogP contribution in [0.3, 0.4) is 0 Å². The molecule has 0 radical (unpaired) electrons. The fraction of sp³-hybridized carbons (Fsp3) is 0.500. The molecule has 4 rings (SSSR count). The van der Waals surface area contributed by atoms with E-state index < -0.39 is 5.41 Å². The lowest BCUT2D eigenvalue weighted by molar-refractivity contribution is -0.131. The molecule has 5 heteroatoms. The van der Waals surface area contributed by atoms with Gasteiger partial charge in [0.15, 0.2) is 11.4 Å². The number of rotatable bonds is 0. The van der Waals surface area contributed by atoms with E-state index in [0.29, 0.717) is 12.0 Å². The number of carbonyl (C=O) groups excluding carboxylic acids is 1. The SMILES string of the molecule is CC1(C)C(=O)/C(=C\O)C[C@]2(C)c3nc4ccnn4cc3CC[C@@H]12. The molecular formula is C18H21N3O2. The number of carbonyl (C=O) groups is 1. The number of ketones is 1. The van der Waals surface area contributed by atoms with E-state index in [0.717, 1.165) is 30.4 Å². The molecular weight excluding hydrogens is 290 g/mol. The van der Waals surface area contributed by atoms with Crippen molar-refractivity contribution in [1.29, 1.82) is 0 Å².